The van der Waals surface area contributed by atoms with E-state index < -0.39 is 6.23 Å². The van der Waals surface area contributed by atoms with Crippen LogP contribution in [0.4, 0.5) is 0 Å². The van der Waals surface area contributed by atoms with Gasteiger partial charge in [-0.1, -0.05) is 0 Å². The number of likely N-dealkylation sites (tertiary alicyclic amines) is 1. The average Bonchev–Trinajstić information content (AvgIpc) is 1.82. The highest BCUT2D eigenvalue weighted by molar-refractivity contribution is 5.79. The smallest absolute Gasteiger partial charge is 0.263 e. The molecule has 0 aromatic rings. The molecule has 2 N–H and O–H groups in total. The Morgan fingerprint density at radius 2 is 2.40 bits per heavy atom. The first kappa shape index (κ1) is 7.50. The monoisotopic (exact) mass is 143 g/mol. The van der Waals surface area contributed by atoms with Gasteiger partial charge in [-0.15, -0.1) is 0 Å². The van der Waals surface area contributed by atoms with Gasteiger partial charge >= 0.3 is 0 Å². The van der Waals surface area contributed by atoms with Gasteiger partial charge in [0.05, 0.1) is 0 Å². The van der Waals surface area contributed by atoms with Gasteiger partial charge in [0.2, 0.25) is 0 Å². The summed E-state index contributed by atoms with van der Waals surface area (Å²) in [5.41, 5.74) is 0. The van der Waals surface area contributed by atoms with E-state index in [0.29, 0.717) is 13.1 Å². The lowest BCUT2D eigenvalue weighted by molar-refractivity contribution is -0.140. The molecule has 0 saturated carbocycles. The molecule has 4 heteroatoms. The minimum atomic E-state index is -0.963. The maximum absolute atomic E-state index is 10.7. The van der Waals surface area contributed by atoms with E-state index >= 15 is 0 Å². The second-order valence-corrected chi connectivity index (χ2v) is 2.23. The lowest BCUT2D eigenvalue weighted by atomic mass is 10.2. The Morgan fingerprint density at radius 3 is 2.70 bits per heavy atom. The van der Waals surface area contributed by atoms with Gasteiger partial charge in [-0.05, 0) is 6.42 Å². The molecule has 1 heterocycles. The van der Waals surface area contributed by atoms with Crippen LogP contribution in [0.25, 0.3) is 0 Å². The minimum Gasteiger partial charge on any atom is -0.370 e. The van der Waals surface area contributed by atoms with Crippen molar-refractivity contribution < 1.29 is 9.90 Å². The van der Waals surface area contributed by atoms with Crippen LogP contribution in [0.1, 0.15) is 0 Å². The molecule has 0 aliphatic carbocycles. The first-order chi connectivity index (χ1) is 4.75. The first-order valence-electron chi connectivity index (χ1n) is 3.21. The number of nitrogens with one attached hydrogen (secondary N) is 1. The summed E-state index contributed by atoms with van der Waals surface area (Å²) in [5.74, 6) is -0.340. The maximum Gasteiger partial charge on any atom is 0.263 e. The first-order valence-corrected chi connectivity index (χ1v) is 3.21. The minimum absolute atomic E-state index is 0.340. The predicted molar refractivity (Wildman–Crippen MR) is 35.9 cm³/mol. The lowest BCUT2D eigenvalue weighted by Gasteiger charge is -2.33. The van der Waals surface area contributed by atoms with Crippen molar-refractivity contribution in [1.82, 2.24) is 10.2 Å². The van der Waals surface area contributed by atoms with Crippen molar-refractivity contribution in [2.75, 3.05) is 20.1 Å². The summed E-state index contributed by atoms with van der Waals surface area (Å²) in [7, 11) is 1.51. The average molecular weight is 143 g/mol. The van der Waals surface area contributed by atoms with Crippen molar-refractivity contribution in [1.29, 1.82) is 0 Å². The van der Waals surface area contributed by atoms with Gasteiger partial charge in [0, 0.05) is 20.1 Å². The summed E-state index contributed by atoms with van der Waals surface area (Å²) in [4.78, 5) is 12.4. The molecule has 1 amide bonds. The number of amides is 1. The molecule has 1 atom stereocenters. The van der Waals surface area contributed by atoms with Crippen molar-refractivity contribution >= 4 is 5.91 Å². The molecule has 1 unspecified atom stereocenters. The molecule has 1 aliphatic heterocycles. The highest BCUT2D eigenvalue weighted by Crippen LogP contribution is 2.07. The molecular formula is C6H11N2O2. The topological polar surface area (TPSA) is 52.6 Å². The van der Waals surface area contributed by atoms with Crippen molar-refractivity contribution in [2.45, 2.75) is 6.23 Å². The van der Waals surface area contributed by atoms with Gasteiger partial charge in [-0.3, -0.25) is 9.69 Å². The number of hydrogen-bond donors (Lipinski definition) is 2. The second kappa shape index (κ2) is 2.98. The fourth-order valence-corrected chi connectivity index (χ4v) is 0.773. The zero-order valence-electron chi connectivity index (χ0n) is 5.87. The van der Waals surface area contributed by atoms with E-state index in [1.165, 1.54) is 7.05 Å². The molecule has 57 valence electrons. The number of carbonyl (C=O) groups is 1. The van der Waals surface area contributed by atoms with E-state index in [2.05, 4.69) is 5.32 Å². The zero-order valence-corrected chi connectivity index (χ0v) is 5.87. The summed E-state index contributed by atoms with van der Waals surface area (Å²) in [5, 5.41) is 11.5. The van der Waals surface area contributed by atoms with Crippen LogP contribution in [0, 0.1) is 6.42 Å². The van der Waals surface area contributed by atoms with Gasteiger partial charge in [0.25, 0.3) is 5.91 Å². The van der Waals surface area contributed by atoms with Crippen LogP contribution >= 0.6 is 0 Å². The Balaban J connectivity index is 2.31. The fourth-order valence-electron chi connectivity index (χ4n) is 0.773. The second-order valence-electron chi connectivity index (χ2n) is 2.23. The predicted octanol–water partition coefficient (Wildman–Crippen LogP) is -1.43. The van der Waals surface area contributed by atoms with Gasteiger partial charge in [-0.25, -0.2) is 0 Å². The number of likely N-dealkylation sites (N-methyl/N-ethyl adjacent to an activating group) is 1. The van der Waals surface area contributed by atoms with Crippen LogP contribution in [-0.4, -0.2) is 42.3 Å². The van der Waals surface area contributed by atoms with Crippen molar-refractivity contribution in [3.8, 4) is 0 Å². The largest absolute Gasteiger partial charge is 0.370 e. The number of aliphatic hydroxyl groups is 1. The molecule has 1 fully saturated rings. The number of rotatable bonds is 2. The Labute approximate surface area is 59.8 Å². The summed E-state index contributed by atoms with van der Waals surface area (Å²) in [6.45, 7) is 1.41. The van der Waals surface area contributed by atoms with Gasteiger partial charge in [0.15, 0.2) is 6.23 Å². The number of nitrogens with zero attached hydrogens (tertiary/aromatic N) is 1. The van der Waals surface area contributed by atoms with Crippen LogP contribution in [0.5, 0.6) is 0 Å². The van der Waals surface area contributed by atoms with E-state index in [1.54, 1.807) is 4.90 Å². The maximum atomic E-state index is 10.7. The molecule has 1 radical (unpaired) electrons. The summed E-state index contributed by atoms with van der Waals surface area (Å²) in [6, 6.07) is 0. The highest BCUT2D eigenvalue weighted by atomic mass is 16.3. The number of carbonyl (C=O) groups excluding carboxylic acids is 1. The normalized spacial score (nSPS) is 21.4. The molecule has 4 nitrogen and oxygen atoms in total. The fraction of sp³-hybridized carbons (Fsp3) is 0.667. The quantitative estimate of drug-likeness (QED) is 0.498. The van der Waals surface area contributed by atoms with Crippen LogP contribution in [0.15, 0.2) is 0 Å². The van der Waals surface area contributed by atoms with E-state index in [9.17, 15) is 4.79 Å². The third kappa shape index (κ3) is 1.27. The summed E-state index contributed by atoms with van der Waals surface area (Å²) >= 11 is 0. The van der Waals surface area contributed by atoms with Gasteiger partial charge < -0.3 is 10.4 Å². The number of hydrogen-bond acceptors (Lipinski definition) is 3. The molecule has 1 rings (SSSR count). The molecule has 1 saturated heterocycles. The van der Waals surface area contributed by atoms with E-state index in [0.717, 1.165) is 0 Å². The van der Waals surface area contributed by atoms with Crippen LogP contribution in [0.3, 0.4) is 0 Å². The van der Waals surface area contributed by atoms with Crippen LogP contribution < -0.4 is 5.32 Å². The standard InChI is InChI=1S/C6H11N2O2/c1-7-5(9)6(10)8-3-2-4-8/h2,6,10H,3-4H2,1H3,(H,7,9). The third-order valence-corrected chi connectivity index (χ3v) is 1.55. The van der Waals surface area contributed by atoms with Gasteiger partial charge in [0.1, 0.15) is 0 Å². The SMILES string of the molecule is CNC(=O)C(O)N1C[CH]C1. The van der Waals surface area contributed by atoms with Crippen molar-refractivity contribution in [3.63, 3.8) is 0 Å². The van der Waals surface area contributed by atoms with E-state index in [4.69, 9.17) is 5.11 Å². The summed E-state index contributed by atoms with van der Waals surface area (Å²) < 4.78 is 0. The van der Waals surface area contributed by atoms with Crippen LogP contribution in [0.2, 0.25) is 0 Å². The molecule has 0 aromatic carbocycles. The van der Waals surface area contributed by atoms with E-state index in [1.807, 2.05) is 6.42 Å². The van der Waals surface area contributed by atoms with Crippen LogP contribution in [-0.2, 0) is 4.79 Å². The van der Waals surface area contributed by atoms with Crippen molar-refractivity contribution in [2.24, 2.45) is 0 Å². The van der Waals surface area contributed by atoms with E-state index in [-0.39, 0.29) is 5.91 Å². The Kier molecular flexibility index (Phi) is 2.24. The Hall–Kier alpha value is -0.610. The highest BCUT2D eigenvalue weighted by Gasteiger charge is 2.26. The molecular weight excluding hydrogens is 132 g/mol. The molecule has 0 bridgehead atoms. The zero-order chi connectivity index (χ0) is 7.56. The third-order valence-electron chi connectivity index (χ3n) is 1.55. The lowest BCUT2D eigenvalue weighted by Crippen LogP contribution is -2.52. The van der Waals surface area contributed by atoms with Crippen molar-refractivity contribution in [3.05, 3.63) is 6.42 Å². The Morgan fingerprint density at radius 1 is 1.80 bits per heavy atom. The number of aliphatic hydroxyl groups excluding tert-OH is 1. The Bertz CT molecular complexity index is 134. The molecule has 1 aliphatic rings. The molecule has 0 aromatic heterocycles. The molecule has 0 spiro atoms. The van der Waals surface area contributed by atoms with Gasteiger partial charge in [-0.2, -0.15) is 0 Å². The molecule has 10 heavy (non-hydrogen) atoms. The summed E-state index contributed by atoms with van der Waals surface area (Å²) in [6.07, 6.45) is 1.03.